The van der Waals surface area contributed by atoms with Gasteiger partial charge in [-0.1, -0.05) is 35.5 Å². The third-order valence-electron chi connectivity index (χ3n) is 2.98. The van der Waals surface area contributed by atoms with E-state index in [-0.39, 0.29) is 5.75 Å². The fourth-order valence-electron chi connectivity index (χ4n) is 1.77. The number of anilines is 2. The molecule has 0 bridgehead atoms. The maximum Gasteiger partial charge on any atom is 0.313 e. The summed E-state index contributed by atoms with van der Waals surface area (Å²) < 4.78 is 0. The molecule has 0 amide bonds. The van der Waals surface area contributed by atoms with Gasteiger partial charge in [-0.3, -0.25) is 4.79 Å². The van der Waals surface area contributed by atoms with Crippen molar-refractivity contribution in [2.75, 3.05) is 11.1 Å². The maximum atomic E-state index is 10.6. The number of carboxylic acid groups (broad SMARTS) is 1. The van der Waals surface area contributed by atoms with Gasteiger partial charge >= 0.3 is 5.97 Å². The van der Waals surface area contributed by atoms with Gasteiger partial charge in [0.25, 0.3) is 0 Å². The molecule has 2 aromatic rings. The highest BCUT2D eigenvalue weighted by Crippen LogP contribution is 2.27. The lowest BCUT2D eigenvalue weighted by Crippen LogP contribution is -2.00. The van der Waals surface area contributed by atoms with Crippen LogP contribution in [0.5, 0.6) is 0 Å². The highest BCUT2D eigenvalue weighted by molar-refractivity contribution is 7.99. The van der Waals surface area contributed by atoms with E-state index in [1.807, 2.05) is 32.0 Å². The van der Waals surface area contributed by atoms with Crippen LogP contribution in [0.15, 0.2) is 35.4 Å². The summed E-state index contributed by atoms with van der Waals surface area (Å²) in [5, 5.41) is 13.0. The van der Waals surface area contributed by atoms with E-state index in [0.29, 0.717) is 15.9 Å². The van der Waals surface area contributed by atoms with Gasteiger partial charge in [0.15, 0.2) is 0 Å². The number of aliphatic carboxylic acids is 1. The summed E-state index contributed by atoms with van der Waals surface area (Å²) in [6, 6.07) is 9.35. The Balaban J connectivity index is 2.23. The van der Waals surface area contributed by atoms with Crippen LogP contribution >= 0.6 is 23.4 Å². The molecule has 21 heavy (non-hydrogen) atoms. The first-order valence-electron chi connectivity index (χ1n) is 6.31. The monoisotopic (exact) mass is 322 g/mol. The molecule has 0 aliphatic rings. The Morgan fingerprint density at radius 3 is 2.86 bits per heavy atom. The minimum absolute atomic E-state index is 0.0454. The number of benzene rings is 1. The number of carboxylic acids is 1. The molecule has 1 aromatic carbocycles. The Kier molecular flexibility index (Phi) is 5.09. The van der Waals surface area contributed by atoms with E-state index in [2.05, 4.69) is 10.3 Å². The van der Waals surface area contributed by atoms with Crippen LogP contribution in [0.25, 0.3) is 0 Å². The number of hydrogen-bond donors (Lipinski definition) is 2. The third-order valence-corrected chi connectivity index (χ3v) is 4.09. The molecule has 0 saturated carbocycles. The van der Waals surface area contributed by atoms with E-state index in [4.69, 9.17) is 16.7 Å². The molecule has 0 radical (unpaired) electrons. The Labute approximate surface area is 132 Å². The number of thioether (sulfide) groups is 1. The van der Waals surface area contributed by atoms with E-state index in [1.165, 1.54) is 5.56 Å². The van der Waals surface area contributed by atoms with Crippen LogP contribution in [0.3, 0.4) is 0 Å². The number of aromatic nitrogens is 1. The smallest absolute Gasteiger partial charge is 0.313 e. The molecule has 0 fully saturated rings. The molecule has 0 spiro atoms. The number of nitrogens with one attached hydrogen (secondary N) is 1. The van der Waals surface area contributed by atoms with Gasteiger partial charge in [0.2, 0.25) is 0 Å². The topological polar surface area (TPSA) is 62.2 Å². The van der Waals surface area contributed by atoms with Crippen LogP contribution in [0.4, 0.5) is 11.5 Å². The van der Waals surface area contributed by atoms with Gasteiger partial charge in [-0.25, -0.2) is 4.98 Å². The van der Waals surface area contributed by atoms with Crippen molar-refractivity contribution in [2.24, 2.45) is 0 Å². The zero-order valence-electron chi connectivity index (χ0n) is 11.7. The number of carbonyl (C=O) groups is 1. The molecule has 0 atom stereocenters. The lowest BCUT2D eigenvalue weighted by Gasteiger charge is -2.12. The number of pyridine rings is 1. The highest BCUT2D eigenvalue weighted by Gasteiger charge is 2.07. The molecule has 0 aliphatic carbocycles. The van der Waals surface area contributed by atoms with E-state index in [0.717, 1.165) is 23.0 Å². The summed E-state index contributed by atoms with van der Waals surface area (Å²) in [5.74, 6) is -0.328. The Morgan fingerprint density at radius 2 is 2.14 bits per heavy atom. The normalized spacial score (nSPS) is 10.4. The maximum absolute atomic E-state index is 10.6. The second kappa shape index (κ2) is 6.83. The minimum atomic E-state index is -0.884. The summed E-state index contributed by atoms with van der Waals surface area (Å²) >= 11 is 7.20. The van der Waals surface area contributed by atoms with Crippen LogP contribution in [0, 0.1) is 13.8 Å². The largest absolute Gasteiger partial charge is 0.481 e. The molecular weight excluding hydrogens is 308 g/mol. The summed E-state index contributed by atoms with van der Waals surface area (Å²) in [4.78, 5) is 15.0. The Hall–Kier alpha value is -1.72. The van der Waals surface area contributed by atoms with Crippen molar-refractivity contribution in [1.29, 1.82) is 0 Å². The quantitative estimate of drug-likeness (QED) is 0.805. The standard InChI is InChI=1S/C15H15ClN2O2S/c1-9-4-3-5-12(10(9)2)17-13-6-11(16)7-14(18-13)21-8-15(19)20/h3-7H,8H2,1-2H3,(H,17,18)(H,19,20). The summed E-state index contributed by atoms with van der Waals surface area (Å²) in [6.07, 6.45) is 0. The number of rotatable bonds is 5. The molecule has 110 valence electrons. The zero-order valence-corrected chi connectivity index (χ0v) is 13.3. The molecule has 6 heteroatoms. The second-order valence-electron chi connectivity index (χ2n) is 4.56. The van der Waals surface area contributed by atoms with Crippen molar-refractivity contribution in [1.82, 2.24) is 4.98 Å². The third kappa shape index (κ3) is 4.37. The molecule has 0 saturated heterocycles. The van der Waals surface area contributed by atoms with Crippen molar-refractivity contribution >= 4 is 40.8 Å². The van der Waals surface area contributed by atoms with Crippen molar-refractivity contribution in [3.63, 3.8) is 0 Å². The predicted octanol–water partition coefficient (Wildman–Crippen LogP) is 4.27. The molecule has 1 aromatic heterocycles. The summed E-state index contributed by atoms with van der Waals surface area (Å²) in [5.41, 5.74) is 3.28. The molecule has 2 N–H and O–H groups in total. The first-order chi connectivity index (χ1) is 9.95. The lowest BCUT2D eigenvalue weighted by atomic mass is 10.1. The molecular formula is C15H15ClN2O2S. The minimum Gasteiger partial charge on any atom is -0.481 e. The first kappa shape index (κ1) is 15.7. The number of aryl methyl sites for hydroxylation is 1. The summed E-state index contributed by atoms with van der Waals surface area (Å²) in [7, 11) is 0. The summed E-state index contributed by atoms with van der Waals surface area (Å²) in [6.45, 7) is 4.07. The molecule has 4 nitrogen and oxygen atoms in total. The predicted molar refractivity (Wildman–Crippen MR) is 86.8 cm³/mol. The molecule has 2 rings (SSSR count). The molecule has 1 heterocycles. The van der Waals surface area contributed by atoms with Gasteiger partial charge in [0, 0.05) is 10.7 Å². The lowest BCUT2D eigenvalue weighted by molar-refractivity contribution is -0.133. The van der Waals surface area contributed by atoms with Crippen LogP contribution < -0.4 is 5.32 Å². The number of halogens is 1. The van der Waals surface area contributed by atoms with Gasteiger partial charge in [-0.05, 0) is 43.2 Å². The number of nitrogens with zero attached hydrogens (tertiary/aromatic N) is 1. The first-order valence-corrected chi connectivity index (χ1v) is 7.67. The van der Waals surface area contributed by atoms with Crippen molar-refractivity contribution < 1.29 is 9.90 Å². The molecule has 0 unspecified atom stereocenters. The van der Waals surface area contributed by atoms with Gasteiger partial charge < -0.3 is 10.4 Å². The second-order valence-corrected chi connectivity index (χ2v) is 6.00. The van der Waals surface area contributed by atoms with E-state index in [9.17, 15) is 4.79 Å². The van der Waals surface area contributed by atoms with Gasteiger partial charge in [-0.15, -0.1) is 0 Å². The average Bonchev–Trinajstić information content (AvgIpc) is 2.41. The van der Waals surface area contributed by atoms with Crippen LogP contribution in [-0.4, -0.2) is 21.8 Å². The Bertz CT molecular complexity index is 677. The highest BCUT2D eigenvalue weighted by atomic mass is 35.5. The SMILES string of the molecule is Cc1cccc(Nc2cc(Cl)cc(SCC(=O)O)n2)c1C. The van der Waals surface area contributed by atoms with E-state index < -0.39 is 5.97 Å². The molecule has 0 aliphatic heterocycles. The van der Waals surface area contributed by atoms with E-state index in [1.54, 1.807) is 12.1 Å². The van der Waals surface area contributed by atoms with Crippen molar-refractivity contribution in [2.45, 2.75) is 18.9 Å². The van der Waals surface area contributed by atoms with Crippen molar-refractivity contribution in [3.8, 4) is 0 Å². The number of hydrogen-bond acceptors (Lipinski definition) is 4. The van der Waals surface area contributed by atoms with Crippen LogP contribution in [0.1, 0.15) is 11.1 Å². The fraction of sp³-hybridized carbons (Fsp3) is 0.200. The van der Waals surface area contributed by atoms with Gasteiger partial charge in [0.05, 0.1) is 5.75 Å². The zero-order chi connectivity index (χ0) is 15.4. The fourth-order valence-corrected chi connectivity index (χ4v) is 2.69. The average molecular weight is 323 g/mol. The van der Waals surface area contributed by atoms with Gasteiger partial charge in [-0.2, -0.15) is 0 Å². The van der Waals surface area contributed by atoms with Crippen LogP contribution in [-0.2, 0) is 4.79 Å². The van der Waals surface area contributed by atoms with E-state index >= 15 is 0 Å². The van der Waals surface area contributed by atoms with Gasteiger partial charge in [0.1, 0.15) is 10.8 Å². The van der Waals surface area contributed by atoms with Crippen molar-refractivity contribution in [3.05, 3.63) is 46.5 Å². The van der Waals surface area contributed by atoms with Crippen LogP contribution in [0.2, 0.25) is 5.02 Å². The Morgan fingerprint density at radius 1 is 1.38 bits per heavy atom.